The van der Waals surface area contributed by atoms with Gasteiger partial charge in [0.25, 0.3) is 11.8 Å². The number of ether oxygens (including phenoxy) is 2. The van der Waals surface area contributed by atoms with Crippen LogP contribution in [0.25, 0.3) is 0 Å². The van der Waals surface area contributed by atoms with E-state index in [0.717, 1.165) is 4.47 Å². The lowest BCUT2D eigenvalue weighted by molar-refractivity contribution is -0.149. The summed E-state index contributed by atoms with van der Waals surface area (Å²) in [6.45, 7) is 0.957. The van der Waals surface area contributed by atoms with Crippen LogP contribution < -0.4 is 10.1 Å². The van der Waals surface area contributed by atoms with Crippen molar-refractivity contribution in [3.05, 3.63) is 40.6 Å². The summed E-state index contributed by atoms with van der Waals surface area (Å²) in [4.78, 5) is 23.0. The lowest BCUT2D eigenvalue weighted by atomic mass is 10.3. The molecule has 0 bridgehead atoms. The fourth-order valence-corrected chi connectivity index (χ4v) is 1.73. The van der Waals surface area contributed by atoms with Gasteiger partial charge in [-0.1, -0.05) is 15.9 Å². The summed E-state index contributed by atoms with van der Waals surface area (Å²) in [6, 6.07) is 8.55. The Morgan fingerprint density at radius 1 is 1.27 bits per heavy atom. The first-order valence-corrected chi connectivity index (χ1v) is 7.09. The minimum Gasteiger partial charge on any atom is -0.463 e. The Morgan fingerprint density at radius 2 is 2.00 bits per heavy atom. The van der Waals surface area contributed by atoms with E-state index in [-0.39, 0.29) is 12.5 Å². The molecule has 1 aromatic carbocycles. The molecule has 0 atom stereocenters. The Balaban J connectivity index is 1.69. The molecule has 7 nitrogen and oxygen atoms in total. The second kappa shape index (κ2) is 7.60. The van der Waals surface area contributed by atoms with Gasteiger partial charge in [0.05, 0.1) is 0 Å². The Hall–Kier alpha value is -2.35. The summed E-state index contributed by atoms with van der Waals surface area (Å²) >= 11 is 3.29. The molecule has 8 heteroatoms. The number of carbonyl (C=O) groups is 2. The second-order valence-electron chi connectivity index (χ2n) is 4.28. The third-order valence-electron chi connectivity index (χ3n) is 2.44. The molecule has 0 fully saturated rings. The normalized spacial score (nSPS) is 10.1. The standard InChI is InChI=1S/C14H13BrN2O5/c1-9-6-13(17-22-9)20-8-14(19)21-7-12(18)16-11-4-2-10(15)3-5-11/h2-6H,7-8H2,1H3,(H,16,18). The fourth-order valence-electron chi connectivity index (χ4n) is 1.46. The van der Waals surface area contributed by atoms with Crippen molar-refractivity contribution >= 4 is 33.5 Å². The van der Waals surface area contributed by atoms with Crippen molar-refractivity contribution in [2.45, 2.75) is 6.92 Å². The third-order valence-corrected chi connectivity index (χ3v) is 2.97. The molecule has 0 spiro atoms. The number of nitrogens with zero attached hydrogens (tertiary/aromatic N) is 1. The number of hydrogen-bond acceptors (Lipinski definition) is 6. The van der Waals surface area contributed by atoms with Crippen molar-refractivity contribution in [1.82, 2.24) is 5.16 Å². The number of benzene rings is 1. The smallest absolute Gasteiger partial charge is 0.344 e. The van der Waals surface area contributed by atoms with Gasteiger partial charge < -0.3 is 19.3 Å². The van der Waals surface area contributed by atoms with E-state index in [9.17, 15) is 9.59 Å². The fraction of sp³-hybridized carbons (Fsp3) is 0.214. The van der Waals surface area contributed by atoms with Crippen LogP contribution in [0.4, 0.5) is 5.69 Å². The molecule has 1 aromatic heterocycles. The highest BCUT2D eigenvalue weighted by molar-refractivity contribution is 9.10. The molecule has 2 rings (SSSR count). The van der Waals surface area contributed by atoms with Crippen molar-refractivity contribution in [2.24, 2.45) is 0 Å². The van der Waals surface area contributed by atoms with Crippen LogP contribution in [0.1, 0.15) is 5.76 Å². The third kappa shape index (κ3) is 5.21. The summed E-state index contributed by atoms with van der Waals surface area (Å²) < 4.78 is 15.5. The predicted molar refractivity (Wildman–Crippen MR) is 80.5 cm³/mol. The maximum Gasteiger partial charge on any atom is 0.344 e. The number of esters is 1. The van der Waals surface area contributed by atoms with E-state index in [4.69, 9.17) is 14.0 Å². The van der Waals surface area contributed by atoms with Crippen LogP contribution in [-0.4, -0.2) is 30.2 Å². The number of carbonyl (C=O) groups excluding carboxylic acids is 2. The number of anilines is 1. The molecule has 1 heterocycles. The van der Waals surface area contributed by atoms with Gasteiger partial charge in [-0.15, -0.1) is 0 Å². The Bertz CT molecular complexity index is 654. The molecular formula is C14H13BrN2O5. The van der Waals surface area contributed by atoms with Crippen molar-refractivity contribution in [3.8, 4) is 5.88 Å². The molecule has 0 aliphatic heterocycles. The number of nitrogens with one attached hydrogen (secondary N) is 1. The Morgan fingerprint density at radius 3 is 2.64 bits per heavy atom. The van der Waals surface area contributed by atoms with Gasteiger partial charge in [0.2, 0.25) is 0 Å². The minimum atomic E-state index is -0.674. The molecule has 22 heavy (non-hydrogen) atoms. The number of aryl methyl sites for hydroxylation is 1. The number of hydrogen-bond donors (Lipinski definition) is 1. The summed E-state index contributed by atoms with van der Waals surface area (Å²) in [7, 11) is 0. The van der Waals surface area contributed by atoms with Gasteiger partial charge in [0, 0.05) is 16.2 Å². The molecule has 0 saturated heterocycles. The van der Waals surface area contributed by atoms with Gasteiger partial charge in [-0.05, 0) is 36.3 Å². The van der Waals surface area contributed by atoms with Crippen molar-refractivity contribution in [3.63, 3.8) is 0 Å². The molecule has 0 unspecified atom stereocenters. The van der Waals surface area contributed by atoms with Crippen LogP contribution in [0.3, 0.4) is 0 Å². The maximum absolute atomic E-state index is 11.6. The number of halogens is 1. The average molecular weight is 369 g/mol. The molecular weight excluding hydrogens is 356 g/mol. The van der Waals surface area contributed by atoms with E-state index >= 15 is 0 Å². The summed E-state index contributed by atoms with van der Waals surface area (Å²) in [5.74, 6) is -0.356. The molecule has 1 N–H and O–H groups in total. The number of rotatable bonds is 6. The highest BCUT2D eigenvalue weighted by Gasteiger charge is 2.10. The molecule has 0 saturated carbocycles. The first-order chi connectivity index (χ1) is 10.5. The number of aromatic nitrogens is 1. The Kier molecular flexibility index (Phi) is 5.54. The highest BCUT2D eigenvalue weighted by atomic mass is 79.9. The summed E-state index contributed by atoms with van der Waals surface area (Å²) in [5, 5.41) is 6.15. The van der Waals surface area contributed by atoms with E-state index in [1.165, 1.54) is 6.07 Å². The monoisotopic (exact) mass is 368 g/mol. The SMILES string of the molecule is Cc1cc(OCC(=O)OCC(=O)Nc2ccc(Br)cc2)no1. The van der Waals surface area contributed by atoms with Gasteiger partial charge in [0.1, 0.15) is 5.76 Å². The minimum absolute atomic E-state index is 0.189. The van der Waals surface area contributed by atoms with Gasteiger partial charge in [0.15, 0.2) is 13.2 Å². The van der Waals surface area contributed by atoms with Crippen LogP contribution in [0.15, 0.2) is 39.3 Å². The van der Waals surface area contributed by atoms with Crippen LogP contribution in [-0.2, 0) is 14.3 Å². The lowest BCUT2D eigenvalue weighted by Crippen LogP contribution is -2.23. The molecule has 0 aliphatic rings. The van der Waals surface area contributed by atoms with Crippen LogP contribution in [0.5, 0.6) is 5.88 Å². The topological polar surface area (TPSA) is 90.7 Å². The van der Waals surface area contributed by atoms with E-state index in [2.05, 4.69) is 26.4 Å². The van der Waals surface area contributed by atoms with Gasteiger partial charge in [-0.3, -0.25) is 4.79 Å². The maximum atomic E-state index is 11.6. The van der Waals surface area contributed by atoms with Crippen LogP contribution in [0, 0.1) is 6.92 Å². The van der Waals surface area contributed by atoms with E-state index < -0.39 is 18.5 Å². The zero-order valence-electron chi connectivity index (χ0n) is 11.7. The predicted octanol–water partition coefficient (Wildman–Crippen LogP) is 2.31. The van der Waals surface area contributed by atoms with Crippen molar-refractivity contribution in [2.75, 3.05) is 18.5 Å². The largest absolute Gasteiger partial charge is 0.463 e. The molecule has 1 amide bonds. The van der Waals surface area contributed by atoms with Crippen molar-refractivity contribution in [1.29, 1.82) is 0 Å². The van der Waals surface area contributed by atoms with Gasteiger partial charge in [-0.2, -0.15) is 0 Å². The molecule has 116 valence electrons. The highest BCUT2D eigenvalue weighted by Crippen LogP contribution is 2.14. The van der Waals surface area contributed by atoms with E-state index in [0.29, 0.717) is 11.4 Å². The van der Waals surface area contributed by atoms with Gasteiger partial charge in [-0.25, -0.2) is 4.79 Å². The molecule has 0 radical (unpaired) electrons. The zero-order valence-corrected chi connectivity index (χ0v) is 13.3. The first-order valence-electron chi connectivity index (χ1n) is 6.30. The van der Waals surface area contributed by atoms with E-state index in [1.807, 2.05) is 0 Å². The number of amides is 1. The average Bonchev–Trinajstić information content (AvgIpc) is 2.91. The van der Waals surface area contributed by atoms with Crippen LogP contribution >= 0.6 is 15.9 Å². The first kappa shape index (κ1) is 16.0. The summed E-state index contributed by atoms with van der Waals surface area (Å²) in [6.07, 6.45) is 0. The second-order valence-corrected chi connectivity index (χ2v) is 5.20. The van der Waals surface area contributed by atoms with E-state index in [1.54, 1.807) is 31.2 Å². The molecule has 2 aromatic rings. The summed E-state index contributed by atoms with van der Waals surface area (Å²) in [5.41, 5.74) is 0.610. The molecule has 0 aliphatic carbocycles. The van der Waals surface area contributed by atoms with Gasteiger partial charge >= 0.3 is 5.97 Å². The quantitative estimate of drug-likeness (QED) is 0.786. The van der Waals surface area contributed by atoms with Crippen LogP contribution in [0.2, 0.25) is 0 Å². The zero-order chi connectivity index (χ0) is 15.9. The van der Waals surface area contributed by atoms with Crippen molar-refractivity contribution < 1.29 is 23.6 Å². The Labute approximate surface area is 134 Å². The lowest BCUT2D eigenvalue weighted by Gasteiger charge is -2.06.